The largest absolute Gasteiger partial charge is 0.336 e. The normalized spacial score (nSPS) is 15.7. The van der Waals surface area contributed by atoms with Crippen LogP contribution in [0.5, 0.6) is 0 Å². The second-order valence-corrected chi connectivity index (χ2v) is 9.83. The zero-order chi connectivity index (χ0) is 21.0. The average Bonchev–Trinajstić information content (AvgIpc) is 2.73. The highest BCUT2D eigenvalue weighted by Gasteiger charge is 2.26. The van der Waals surface area contributed by atoms with Gasteiger partial charge in [0, 0.05) is 52.4 Å². The summed E-state index contributed by atoms with van der Waals surface area (Å²) in [7, 11) is -0.836. The predicted octanol–water partition coefficient (Wildman–Crippen LogP) is 2.59. The van der Waals surface area contributed by atoms with Gasteiger partial charge in [-0.15, -0.1) is 0 Å². The molecule has 0 atom stereocenters. The topological polar surface area (TPSA) is 60.9 Å². The number of piperazine rings is 1. The van der Waals surface area contributed by atoms with Crippen molar-refractivity contribution in [3.63, 3.8) is 0 Å². The van der Waals surface area contributed by atoms with Crippen LogP contribution in [0.3, 0.4) is 0 Å². The summed E-state index contributed by atoms with van der Waals surface area (Å²) in [6, 6.07) is 14.8. The van der Waals surface area contributed by atoms with Crippen molar-refractivity contribution >= 4 is 27.5 Å². The molecule has 0 saturated carbocycles. The van der Waals surface area contributed by atoms with Gasteiger partial charge in [0.05, 0.1) is 5.02 Å². The Labute approximate surface area is 177 Å². The summed E-state index contributed by atoms with van der Waals surface area (Å²) in [6.45, 7) is 3.79. The first-order valence-corrected chi connectivity index (χ1v) is 11.4. The average molecular weight is 436 g/mol. The summed E-state index contributed by atoms with van der Waals surface area (Å²) < 4.78 is 26.0. The monoisotopic (exact) mass is 435 g/mol. The quantitative estimate of drug-likeness (QED) is 0.699. The van der Waals surface area contributed by atoms with E-state index in [9.17, 15) is 13.2 Å². The number of amides is 1. The number of hydrogen-bond acceptors (Lipinski definition) is 4. The van der Waals surface area contributed by atoms with Gasteiger partial charge in [0.25, 0.3) is 5.91 Å². The van der Waals surface area contributed by atoms with Gasteiger partial charge in [-0.05, 0) is 30.2 Å². The van der Waals surface area contributed by atoms with Crippen molar-refractivity contribution in [2.45, 2.75) is 11.3 Å². The molecule has 1 amide bonds. The van der Waals surface area contributed by atoms with Crippen LogP contribution in [0.2, 0.25) is 5.02 Å². The Bertz CT molecular complexity index is 956. The van der Waals surface area contributed by atoms with Gasteiger partial charge in [0.2, 0.25) is 10.0 Å². The van der Waals surface area contributed by atoms with Crippen molar-refractivity contribution in [3.8, 4) is 0 Å². The Morgan fingerprint density at radius 1 is 1.03 bits per heavy atom. The van der Waals surface area contributed by atoms with Gasteiger partial charge >= 0.3 is 0 Å². The molecule has 0 aromatic heterocycles. The van der Waals surface area contributed by atoms with Gasteiger partial charge in [-0.2, -0.15) is 0 Å². The molecular weight excluding hydrogens is 410 g/mol. The SMILES string of the molecule is CN(C)S(=O)(=O)c1cc(C(=O)N2CCN(CCc3ccccc3)CC2)ccc1Cl. The van der Waals surface area contributed by atoms with Gasteiger partial charge in [-0.3, -0.25) is 9.69 Å². The minimum atomic E-state index is -3.71. The molecule has 1 fully saturated rings. The molecule has 0 bridgehead atoms. The van der Waals surface area contributed by atoms with Crippen molar-refractivity contribution < 1.29 is 13.2 Å². The fraction of sp³-hybridized carbons (Fsp3) is 0.381. The van der Waals surface area contributed by atoms with Crippen LogP contribution in [0.25, 0.3) is 0 Å². The van der Waals surface area contributed by atoms with E-state index in [0.29, 0.717) is 18.7 Å². The summed E-state index contributed by atoms with van der Waals surface area (Å²) in [4.78, 5) is 17.0. The highest BCUT2D eigenvalue weighted by molar-refractivity contribution is 7.89. The first-order valence-electron chi connectivity index (χ1n) is 9.56. The Balaban J connectivity index is 1.62. The van der Waals surface area contributed by atoms with E-state index in [2.05, 4.69) is 17.0 Å². The molecule has 0 radical (unpaired) electrons. The number of carbonyl (C=O) groups is 1. The van der Waals surface area contributed by atoms with Gasteiger partial charge in [-0.25, -0.2) is 12.7 Å². The zero-order valence-electron chi connectivity index (χ0n) is 16.7. The lowest BCUT2D eigenvalue weighted by atomic mass is 10.1. The highest BCUT2D eigenvalue weighted by Crippen LogP contribution is 2.25. The van der Waals surface area contributed by atoms with Crippen LogP contribution in [-0.4, -0.2) is 75.2 Å². The maximum atomic E-state index is 12.9. The molecule has 2 aromatic rings. The number of rotatable bonds is 6. The number of hydrogen-bond donors (Lipinski definition) is 0. The first kappa shape index (κ1) is 21.8. The van der Waals surface area contributed by atoms with E-state index in [4.69, 9.17) is 11.6 Å². The number of sulfonamides is 1. The molecular formula is C21H26ClN3O3S. The third-order valence-corrected chi connectivity index (χ3v) is 7.45. The summed E-state index contributed by atoms with van der Waals surface area (Å²) in [5.74, 6) is -0.167. The lowest BCUT2D eigenvalue weighted by Crippen LogP contribution is -2.49. The zero-order valence-corrected chi connectivity index (χ0v) is 18.3. The molecule has 6 nitrogen and oxygen atoms in total. The van der Waals surface area contributed by atoms with E-state index in [1.165, 1.54) is 31.8 Å². The minimum Gasteiger partial charge on any atom is -0.336 e. The maximum absolute atomic E-state index is 12.9. The Morgan fingerprint density at radius 2 is 1.69 bits per heavy atom. The minimum absolute atomic E-state index is 0.0449. The Hall–Kier alpha value is -1.93. The molecule has 1 saturated heterocycles. The van der Waals surface area contributed by atoms with Crippen LogP contribution >= 0.6 is 11.6 Å². The summed E-state index contributed by atoms with van der Waals surface area (Å²) in [5.41, 5.74) is 1.65. The van der Waals surface area contributed by atoms with Gasteiger partial charge in [0.1, 0.15) is 4.90 Å². The van der Waals surface area contributed by atoms with Crippen molar-refractivity contribution in [2.75, 3.05) is 46.8 Å². The van der Waals surface area contributed by atoms with Crippen molar-refractivity contribution in [1.82, 2.24) is 14.1 Å². The van der Waals surface area contributed by atoms with Crippen LogP contribution in [0.15, 0.2) is 53.4 Å². The lowest BCUT2D eigenvalue weighted by Gasteiger charge is -2.35. The van der Waals surface area contributed by atoms with E-state index in [0.717, 1.165) is 30.4 Å². The smallest absolute Gasteiger partial charge is 0.253 e. The number of carbonyl (C=O) groups excluding carboxylic acids is 1. The van der Waals surface area contributed by atoms with E-state index in [1.54, 1.807) is 11.0 Å². The standard InChI is InChI=1S/C21H26ClN3O3S/c1-23(2)29(27,28)20-16-18(8-9-19(20)22)21(26)25-14-12-24(13-15-25)11-10-17-6-4-3-5-7-17/h3-9,16H,10-15H2,1-2H3. The van der Waals surface area contributed by atoms with E-state index >= 15 is 0 Å². The Morgan fingerprint density at radius 3 is 2.31 bits per heavy atom. The molecule has 3 rings (SSSR count). The van der Waals surface area contributed by atoms with Gasteiger partial charge in [-0.1, -0.05) is 41.9 Å². The molecule has 29 heavy (non-hydrogen) atoms. The fourth-order valence-electron chi connectivity index (χ4n) is 3.32. The second kappa shape index (κ2) is 9.26. The van der Waals surface area contributed by atoms with Crippen LogP contribution in [0.4, 0.5) is 0 Å². The fourth-order valence-corrected chi connectivity index (χ4v) is 4.71. The second-order valence-electron chi connectivity index (χ2n) is 7.30. The van der Waals surface area contributed by atoms with E-state index in [-0.39, 0.29) is 15.8 Å². The summed E-state index contributed by atoms with van der Waals surface area (Å²) in [5, 5.41) is 0.112. The Kier molecular flexibility index (Phi) is 6.95. The van der Waals surface area contributed by atoms with Crippen molar-refractivity contribution in [1.29, 1.82) is 0 Å². The third-order valence-electron chi connectivity index (χ3n) is 5.16. The third kappa shape index (κ3) is 5.17. The first-order chi connectivity index (χ1) is 13.8. The molecule has 2 aromatic carbocycles. The van der Waals surface area contributed by atoms with E-state index in [1.807, 2.05) is 18.2 Å². The van der Waals surface area contributed by atoms with Crippen LogP contribution in [0, 0.1) is 0 Å². The molecule has 0 spiro atoms. The molecule has 0 unspecified atom stereocenters. The molecule has 1 aliphatic rings. The van der Waals surface area contributed by atoms with Crippen LogP contribution in [-0.2, 0) is 16.4 Å². The molecule has 1 heterocycles. The van der Waals surface area contributed by atoms with Gasteiger partial charge < -0.3 is 4.90 Å². The van der Waals surface area contributed by atoms with Crippen LogP contribution < -0.4 is 0 Å². The maximum Gasteiger partial charge on any atom is 0.253 e. The van der Waals surface area contributed by atoms with Gasteiger partial charge in [0.15, 0.2) is 0 Å². The summed E-state index contributed by atoms with van der Waals surface area (Å²) in [6.07, 6.45) is 0.984. The molecule has 8 heteroatoms. The number of benzene rings is 2. The molecule has 1 aliphatic heterocycles. The van der Waals surface area contributed by atoms with Crippen molar-refractivity contribution in [3.05, 3.63) is 64.7 Å². The summed E-state index contributed by atoms with van der Waals surface area (Å²) >= 11 is 6.08. The number of halogens is 1. The number of nitrogens with zero attached hydrogens (tertiary/aromatic N) is 3. The highest BCUT2D eigenvalue weighted by atomic mass is 35.5. The molecule has 0 N–H and O–H groups in total. The lowest BCUT2D eigenvalue weighted by molar-refractivity contribution is 0.0638. The predicted molar refractivity (Wildman–Crippen MR) is 115 cm³/mol. The van der Waals surface area contributed by atoms with E-state index < -0.39 is 10.0 Å². The molecule has 0 aliphatic carbocycles. The van der Waals surface area contributed by atoms with Crippen LogP contribution in [0.1, 0.15) is 15.9 Å². The molecule has 156 valence electrons. The van der Waals surface area contributed by atoms with Crippen molar-refractivity contribution in [2.24, 2.45) is 0 Å².